The molecule has 1 saturated heterocycles. The van der Waals surface area contributed by atoms with E-state index in [1.54, 1.807) is 0 Å². The molecule has 2 aliphatic heterocycles. The molecular formula is C17H26N2OS. The van der Waals surface area contributed by atoms with E-state index in [2.05, 4.69) is 44.0 Å². The van der Waals surface area contributed by atoms with Crippen molar-refractivity contribution in [2.45, 2.75) is 44.4 Å². The van der Waals surface area contributed by atoms with Gasteiger partial charge >= 0.3 is 0 Å². The Labute approximate surface area is 132 Å². The molecule has 0 saturated carbocycles. The maximum absolute atomic E-state index is 6.23. The lowest BCUT2D eigenvalue weighted by molar-refractivity contribution is 0.130. The minimum absolute atomic E-state index is 0.0979. The summed E-state index contributed by atoms with van der Waals surface area (Å²) in [4.78, 5) is 2.46. The smallest absolute Gasteiger partial charge is 0.128 e. The average Bonchev–Trinajstić information content (AvgIpc) is 3.05. The minimum atomic E-state index is -0.0979. The van der Waals surface area contributed by atoms with Gasteiger partial charge < -0.3 is 10.5 Å². The fourth-order valence-corrected chi connectivity index (χ4v) is 4.79. The van der Waals surface area contributed by atoms with Gasteiger partial charge in [0, 0.05) is 30.3 Å². The molecule has 2 heterocycles. The molecule has 0 aliphatic carbocycles. The van der Waals surface area contributed by atoms with Crippen LogP contribution in [0.4, 0.5) is 0 Å². The Balaban J connectivity index is 1.90. The first-order valence-electron chi connectivity index (χ1n) is 7.82. The molecular weight excluding hydrogens is 280 g/mol. The third-order valence-corrected chi connectivity index (χ3v) is 5.82. The van der Waals surface area contributed by atoms with E-state index in [0.29, 0.717) is 12.6 Å². The Morgan fingerprint density at radius 2 is 2.29 bits per heavy atom. The van der Waals surface area contributed by atoms with Crippen LogP contribution in [-0.2, 0) is 6.42 Å². The molecule has 2 unspecified atom stereocenters. The van der Waals surface area contributed by atoms with Gasteiger partial charge in [0.1, 0.15) is 11.4 Å². The van der Waals surface area contributed by atoms with Crippen LogP contribution in [0.1, 0.15) is 37.4 Å². The van der Waals surface area contributed by atoms with Crippen LogP contribution in [-0.4, -0.2) is 41.6 Å². The molecule has 0 radical (unpaired) electrons. The van der Waals surface area contributed by atoms with Gasteiger partial charge in [0.25, 0.3) is 0 Å². The number of para-hydroxylation sites is 1. The highest BCUT2D eigenvalue weighted by Crippen LogP contribution is 2.41. The largest absolute Gasteiger partial charge is 0.487 e. The quantitative estimate of drug-likeness (QED) is 0.928. The van der Waals surface area contributed by atoms with E-state index < -0.39 is 0 Å². The predicted molar refractivity (Wildman–Crippen MR) is 90.1 cm³/mol. The summed E-state index contributed by atoms with van der Waals surface area (Å²) in [6.07, 6.45) is 2.25. The summed E-state index contributed by atoms with van der Waals surface area (Å²) in [6.45, 7) is 4.95. The molecule has 1 aromatic carbocycles. The van der Waals surface area contributed by atoms with Crippen LogP contribution in [0, 0.1) is 0 Å². The van der Waals surface area contributed by atoms with Crippen LogP contribution < -0.4 is 10.5 Å². The summed E-state index contributed by atoms with van der Waals surface area (Å²) in [5, 5.41) is 0. The monoisotopic (exact) mass is 306 g/mol. The van der Waals surface area contributed by atoms with Crippen molar-refractivity contribution in [2.24, 2.45) is 5.73 Å². The number of fused-ring (bicyclic) bond motifs is 1. The van der Waals surface area contributed by atoms with E-state index in [9.17, 15) is 0 Å². The number of rotatable bonds is 4. The fraction of sp³-hybridized carbons (Fsp3) is 0.647. The molecule has 0 aromatic heterocycles. The fourth-order valence-electron chi connectivity index (χ4n) is 3.51. The van der Waals surface area contributed by atoms with Gasteiger partial charge in [-0.25, -0.2) is 0 Å². The summed E-state index contributed by atoms with van der Waals surface area (Å²) in [5.41, 5.74) is 8.62. The molecule has 4 heteroatoms. The van der Waals surface area contributed by atoms with Crippen molar-refractivity contribution in [3.63, 3.8) is 0 Å². The number of benzene rings is 1. The van der Waals surface area contributed by atoms with Crippen LogP contribution >= 0.6 is 11.8 Å². The lowest BCUT2D eigenvalue weighted by Gasteiger charge is -2.33. The van der Waals surface area contributed by atoms with Crippen LogP contribution in [0.25, 0.3) is 0 Å². The molecule has 3 nitrogen and oxygen atoms in total. The van der Waals surface area contributed by atoms with E-state index in [-0.39, 0.29) is 11.6 Å². The second-order valence-electron chi connectivity index (χ2n) is 6.81. The molecule has 1 aromatic rings. The molecule has 2 N–H and O–H groups in total. The Morgan fingerprint density at radius 3 is 2.95 bits per heavy atom. The van der Waals surface area contributed by atoms with Crippen molar-refractivity contribution in [3.8, 4) is 5.75 Å². The van der Waals surface area contributed by atoms with E-state index in [4.69, 9.17) is 10.5 Å². The highest BCUT2D eigenvalue weighted by Gasteiger charge is 2.35. The molecule has 2 aliphatic rings. The van der Waals surface area contributed by atoms with E-state index in [1.807, 2.05) is 11.8 Å². The molecule has 3 rings (SSSR count). The summed E-state index contributed by atoms with van der Waals surface area (Å²) < 4.78 is 6.23. The first-order chi connectivity index (χ1) is 10.0. The van der Waals surface area contributed by atoms with Gasteiger partial charge in [0.05, 0.1) is 6.04 Å². The molecule has 116 valence electrons. The van der Waals surface area contributed by atoms with Crippen molar-refractivity contribution in [1.82, 2.24) is 4.90 Å². The summed E-state index contributed by atoms with van der Waals surface area (Å²) >= 11 is 2.05. The van der Waals surface area contributed by atoms with Gasteiger partial charge in [-0.05, 0) is 38.6 Å². The molecule has 0 bridgehead atoms. The Kier molecular flexibility index (Phi) is 4.21. The van der Waals surface area contributed by atoms with E-state index in [0.717, 1.165) is 12.2 Å². The molecule has 0 amide bonds. The van der Waals surface area contributed by atoms with Crippen LogP contribution in [0.3, 0.4) is 0 Å². The number of ether oxygens (including phenoxy) is 1. The van der Waals surface area contributed by atoms with Crippen molar-refractivity contribution < 1.29 is 4.74 Å². The van der Waals surface area contributed by atoms with Crippen LogP contribution in [0.5, 0.6) is 5.75 Å². The van der Waals surface area contributed by atoms with Gasteiger partial charge in [-0.15, -0.1) is 0 Å². The highest BCUT2D eigenvalue weighted by atomic mass is 32.2. The normalized spacial score (nSPS) is 24.9. The van der Waals surface area contributed by atoms with Crippen molar-refractivity contribution in [2.75, 3.05) is 25.1 Å². The Morgan fingerprint density at radius 1 is 1.48 bits per heavy atom. The third kappa shape index (κ3) is 2.94. The number of thioether (sulfide) groups is 1. The summed E-state index contributed by atoms with van der Waals surface area (Å²) in [7, 11) is 2.22. The number of hydrogen-bond donors (Lipinski definition) is 1. The third-order valence-electron chi connectivity index (χ3n) is 4.68. The standard InChI is InChI=1S/C17H26N2OS/c1-17(2)9-12-5-4-6-14(16(12)20-17)15(10-18)19(3)13-7-8-21-11-13/h4-6,13,15H,7-11,18H2,1-3H3. The molecule has 2 atom stereocenters. The first kappa shape index (κ1) is 15.2. The summed E-state index contributed by atoms with van der Waals surface area (Å²) in [5.74, 6) is 3.56. The number of likely N-dealkylation sites (N-methyl/N-ethyl adjacent to an activating group) is 1. The van der Waals surface area contributed by atoms with Gasteiger partial charge in [0.2, 0.25) is 0 Å². The zero-order valence-electron chi connectivity index (χ0n) is 13.3. The average molecular weight is 306 g/mol. The van der Waals surface area contributed by atoms with Crippen LogP contribution in [0.2, 0.25) is 0 Å². The van der Waals surface area contributed by atoms with Gasteiger partial charge in [-0.2, -0.15) is 11.8 Å². The van der Waals surface area contributed by atoms with E-state index >= 15 is 0 Å². The van der Waals surface area contributed by atoms with Gasteiger partial charge in [-0.1, -0.05) is 18.2 Å². The van der Waals surface area contributed by atoms with Gasteiger partial charge in [-0.3, -0.25) is 4.90 Å². The summed E-state index contributed by atoms with van der Waals surface area (Å²) in [6, 6.07) is 7.41. The SMILES string of the molecule is CN(C1CCSC1)C(CN)c1cccc2c1OC(C)(C)C2. The zero-order valence-corrected chi connectivity index (χ0v) is 14.1. The molecule has 21 heavy (non-hydrogen) atoms. The number of nitrogens with zero attached hydrogens (tertiary/aromatic N) is 1. The second kappa shape index (κ2) is 5.82. The van der Waals surface area contributed by atoms with Crippen molar-refractivity contribution in [1.29, 1.82) is 0 Å². The topological polar surface area (TPSA) is 38.5 Å². The Hall–Kier alpha value is -0.710. The van der Waals surface area contributed by atoms with Gasteiger partial charge in [0.15, 0.2) is 0 Å². The first-order valence-corrected chi connectivity index (χ1v) is 8.98. The lowest BCUT2D eigenvalue weighted by atomic mass is 9.97. The number of hydrogen-bond acceptors (Lipinski definition) is 4. The minimum Gasteiger partial charge on any atom is -0.487 e. The Bertz CT molecular complexity index is 512. The molecule has 1 fully saturated rings. The maximum Gasteiger partial charge on any atom is 0.128 e. The maximum atomic E-state index is 6.23. The second-order valence-corrected chi connectivity index (χ2v) is 7.96. The highest BCUT2D eigenvalue weighted by molar-refractivity contribution is 7.99. The van der Waals surface area contributed by atoms with Crippen molar-refractivity contribution >= 4 is 11.8 Å². The van der Waals surface area contributed by atoms with Crippen molar-refractivity contribution in [3.05, 3.63) is 29.3 Å². The number of nitrogens with two attached hydrogens (primary N) is 1. The van der Waals surface area contributed by atoms with Crippen LogP contribution in [0.15, 0.2) is 18.2 Å². The lowest BCUT2D eigenvalue weighted by Crippen LogP contribution is -2.39. The zero-order chi connectivity index (χ0) is 15.0. The van der Waals surface area contributed by atoms with E-state index in [1.165, 1.54) is 29.1 Å². The molecule has 0 spiro atoms. The predicted octanol–water partition coefficient (Wildman–Crippen LogP) is 2.84.